The molecule has 1 heteroatoms. The summed E-state index contributed by atoms with van der Waals surface area (Å²) in [6.45, 7) is 0. The van der Waals surface area contributed by atoms with E-state index in [1.54, 1.807) is 0 Å². The first-order valence-electron chi connectivity index (χ1n) is 4.53. The summed E-state index contributed by atoms with van der Waals surface area (Å²) in [5.74, 6) is 3.35. The van der Waals surface area contributed by atoms with Gasteiger partial charge in [-0.25, -0.2) is 0 Å². The van der Waals surface area contributed by atoms with Gasteiger partial charge in [0, 0.05) is 13.9 Å². The van der Waals surface area contributed by atoms with Gasteiger partial charge in [-0.3, -0.25) is 0 Å². The molecule has 1 aliphatic rings. The summed E-state index contributed by atoms with van der Waals surface area (Å²) < 4.78 is 0. The highest BCUT2D eigenvalue weighted by molar-refractivity contribution is 4.91. The molecule has 0 aromatic carbocycles. The second-order valence-corrected chi connectivity index (χ2v) is 3.47. The lowest BCUT2D eigenvalue weighted by Crippen LogP contribution is -2.30. The number of hydrogen-bond acceptors (Lipinski definition) is 1. The summed E-state index contributed by atoms with van der Waals surface area (Å²) in [6, 6.07) is 0.264. The first-order chi connectivity index (χ1) is 5.34. The van der Waals surface area contributed by atoms with E-state index in [1.807, 2.05) is 0 Å². The Kier molecular flexibility index (Phi) is 3.45. The third-order valence-corrected chi connectivity index (χ3v) is 2.61. The molecule has 1 rings (SSSR count). The topological polar surface area (TPSA) is 26.0 Å². The average Bonchev–Trinajstić information content (AvgIpc) is 2.07. The fourth-order valence-electron chi connectivity index (χ4n) is 1.87. The summed E-state index contributed by atoms with van der Waals surface area (Å²) in [6.07, 6.45) is 12.6. The average molecular weight is 153 g/mol. The van der Waals surface area contributed by atoms with Crippen LogP contribution in [0.5, 0.6) is 0 Å². The Bertz CT molecular complexity index is 144. The van der Waals surface area contributed by atoms with Gasteiger partial charge < -0.3 is 5.73 Å². The van der Waals surface area contributed by atoms with Crippen LogP contribution in [-0.2, 0) is 0 Å². The first-order valence-corrected chi connectivity index (χ1v) is 4.53. The van der Waals surface area contributed by atoms with Crippen LogP contribution in [0.3, 0.4) is 0 Å². The summed E-state index contributed by atoms with van der Waals surface area (Å²) in [4.78, 5) is 0. The maximum Gasteiger partial charge on any atom is 0.0241 e. The van der Waals surface area contributed by atoms with Gasteiger partial charge in [-0.1, -0.05) is 19.3 Å². The molecule has 0 bridgehead atoms. The molecule has 1 aliphatic carbocycles. The summed E-state index contributed by atoms with van der Waals surface area (Å²) >= 11 is 0. The Morgan fingerprint density at radius 3 is 2.64 bits per heavy atom. The minimum absolute atomic E-state index is 0. The predicted octanol–water partition coefficient (Wildman–Crippen LogP) is 2.16. The zero-order valence-electron chi connectivity index (χ0n) is 7.05. The van der Waals surface area contributed by atoms with Crippen LogP contribution in [-0.4, -0.2) is 6.04 Å². The van der Waals surface area contributed by atoms with Crippen molar-refractivity contribution in [2.24, 2.45) is 11.7 Å². The molecule has 0 aromatic heterocycles. The molecule has 0 aliphatic heterocycles. The molecule has 11 heavy (non-hydrogen) atoms. The molecule has 1 atom stereocenters. The molecular formula is C10H19N. The lowest BCUT2D eigenvalue weighted by atomic mass is 9.83. The van der Waals surface area contributed by atoms with Crippen LogP contribution in [0, 0.1) is 18.3 Å². The minimum Gasteiger partial charge on any atom is -0.327 e. The van der Waals surface area contributed by atoms with Gasteiger partial charge in [-0.2, -0.15) is 0 Å². The van der Waals surface area contributed by atoms with Gasteiger partial charge in [0.25, 0.3) is 0 Å². The Balaban J connectivity index is 0.00000121. The highest BCUT2D eigenvalue weighted by Gasteiger charge is 2.19. The van der Waals surface area contributed by atoms with Crippen LogP contribution in [0.25, 0.3) is 0 Å². The van der Waals surface area contributed by atoms with E-state index >= 15 is 0 Å². The molecule has 1 nitrogen and oxygen atoms in total. The first kappa shape index (κ1) is 8.62. The zero-order chi connectivity index (χ0) is 8.10. The van der Waals surface area contributed by atoms with Crippen LogP contribution in [0.1, 0.15) is 40.0 Å². The summed E-state index contributed by atoms with van der Waals surface area (Å²) in [5.41, 5.74) is 5.92. The Labute approximate surface area is 70.8 Å². The molecule has 0 saturated heterocycles. The van der Waals surface area contributed by atoms with E-state index in [0.29, 0.717) is 5.92 Å². The van der Waals surface area contributed by atoms with Gasteiger partial charge in [-0.05, 0) is 18.8 Å². The van der Waals surface area contributed by atoms with Gasteiger partial charge in [0.05, 0.1) is 0 Å². The van der Waals surface area contributed by atoms with E-state index in [9.17, 15) is 0 Å². The van der Waals surface area contributed by atoms with E-state index in [1.165, 1.54) is 32.1 Å². The zero-order valence-corrected chi connectivity index (χ0v) is 7.05. The molecule has 0 amide bonds. The SMILES string of the molecule is C#CC[C@H](N)C1CCCCC1.[HH]. The molecule has 0 radical (unpaired) electrons. The molecule has 0 heterocycles. The van der Waals surface area contributed by atoms with Crippen molar-refractivity contribution >= 4 is 0 Å². The Morgan fingerprint density at radius 1 is 1.45 bits per heavy atom. The van der Waals surface area contributed by atoms with Gasteiger partial charge in [-0.15, -0.1) is 12.3 Å². The smallest absolute Gasteiger partial charge is 0.0241 e. The van der Waals surface area contributed by atoms with E-state index in [2.05, 4.69) is 5.92 Å². The fourth-order valence-corrected chi connectivity index (χ4v) is 1.87. The molecule has 64 valence electrons. The summed E-state index contributed by atoms with van der Waals surface area (Å²) in [7, 11) is 0. The van der Waals surface area contributed by atoms with Crippen molar-refractivity contribution < 1.29 is 1.43 Å². The quantitative estimate of drug-likeness (QED) is 0.604. The standard InChI is InChI=1S/C10H17N.H2/c1-2-6-10(11)9-7-4-3-5-8-9;/h1,9-10H,3-8,11H2;1H/t10-;/m0./s1. The van der Waals surface area contributed by atoms with Crippen molar-refractivity contribution in [3.63, 3.8) is 0 Å². The number of rotatable bonds is 2. The second kappa shape index (κ2) is 4.41. The molecule has 1 fully saturated rings. The van der Waals surface area contributed by atoms with Crippen molar-refractivity contribution in [3.8, 4) is 12.3 Å². The van der Waals surface area contributed by atoms with Crippen molar-refractivity contribution in [2.75, 3.05) is 0 Å². The lowest BCUT2D eigenvalue weighted by Gasteiger charge is -2.26. The van der Waals surface area contributed by atoms with Gasteiger partial charge in [0.15, 0.2) is 0 Å². The summed E-state index contributed by atoms with van der Waals surface area (Å²) in [5, 5.41) is 0. The lowest BCUT2D eigenvalue weighted by molar-refractivity contribution is 0.307. The highest BCUT2D eigenvalue weighted by atomic mass is 14.6. The molecular weight excluding hydrogens is 134 g/mol. The Hall–Kier alpha value is -0.480. The normalized spacial score (nSPS) is 22.5. The van der Waals surface area contributed by atoms with E-state index in [0.717, 1.165) is 6.42 Å². The molecule has 1 saturated carbocycles. The molecule has 0 aromatic rings. The van der Waals surface area contributed by atoms with E-state index in [4.69, 9.17) is 12.2 Å². The maximum absolute atomic E-state index is 5.92. The van der Waals surface area contributed by atoms with Gasteiger partial charge in [0.1, 0.15) is 0 Å². The predicted molar refractivity (Wildman–Crippen MR) is 50.1 cm³/mol. The van der Waals surface area contributed by atoms with Crippen molar-refractivity contribution in [1.82, 2.24) is 0 Å². The van der Waals surface area contributed by atoms with Crippen LogP contribution in [0.2, 0.25) is 0 Å². The minimum atomic E-state index is 0. The number of terminal acetylenes is 1. The third-order valence-electron chi connectivity index (χ3n) is 2.61. The Morgan fingerprint density at radius 2 is 2.09 bits per heavy atom. The molecule has 0 unspecified atom stereocenters. The third kappa shape index (κ3) is 2.55. The van der Waals surface area contributed by atoms with Crippen LogP contribution in [0.4, 0.5) is 0 Å². The number of nitrogens with two attached hydrogens (primary N) is 1. The highest BCUT2D eigenvalue weighted by Crippen LogP contribution is 2.26. The molecule has 0 spiro atoms. The second-order valence-electron chi connectivity index (χ2n) is 3.47. The van der Waals surface area contributed by atoms with Gasteiger partial charge in [0.2, 0.25) is 0 Å². The van der Waals surface area contributed by atoms with Crippen LogP contribution in [0.15, 0.2) is 0 Å². The monoisotopic (exact) mass is 153 g/mol. The van der Waals surface area contributed by atoms with Crippen molar-refractivity contribution in [3.05, 3.63) is 0 Å². The maximum atomic E-state index is 5.92. The molecule has 2 N–H and O–H groups in total. The van der Waals surface area contributed by atoms with Crippen LogP contribution < -0.4 is 5.73 Å². The fraction of sp³-hybridized carbons (Fsp3) is 0.800. The van der Waals surface area contributed by atoms with E-state index in [-0.39, 0.29) is 7.47 Å². The van der Waals surface area contributed by atoms with Crippen LogP contribution >= 0.6 is 0 Å². The number of hydrogen-bond donors (Lipinski definition) is 1. The van der Waals surface area contributed by atoms with Crippen molar-refractivity contribution in [2.45, 2.75) is 44.6 Å². The van der Waals surface area contributed by atoms with Gasteiger partial charge >= 0.3 is 0 Å². The largest absolute Gasteiger partial charge is 0.327 e. The van der Waals surface area contributed by atoms with Crippen molar-refractivity contribution in [1.29, 1.82) is 0 Å². The van der Waals surface area contributed by atoms with E-state index < -0.39 is 0 Å².